The number of ether oxygens (including phenoxy) is 1. The van der Waals surface area contributed by atoms with E-state index in [9.17, 15) is 14.4 Å². The molecule has 3 aliphatic heterocycles. The second kappa shape index (κ2) is 5.42. The van der Waals surface area contributed by atoms with Gasteiger partial charge in [-0.1, -0.05) is 13.3 Å². The Morgan fingerprint density at radius 3 is 2.57 bits per heavy atom. The Labute approximate surface area is 137 Å². The average Bonchev–Trinajstić information content (AvgIpc) is 3.28. The molecule has 7 heteroatoms. The van der Waals surface area contributed by atoms with E-state index in [0.29, 0.717) is 5.56 Å². The Morgan fingerprint density at radius 1 is 1.30 bits per heavy atom. The Balaban J connectivity index is 1.49. The van der Waals surface area contributed by atoms with E-state index in [2.05, 4.69) is 12.3 Å². The molecule has 23 heavy (non-hydrogen) atoms. The zero-order valence-electron chi connectivity index (χ0n) is 12.8. The maximum Gasteiger partial charge on any atom is 0.271 e. The molecule has 3 amide bonds. The smallest absolute Gasteiger partial charge is 0.271 e. The fourth-order valence-corrected chi connectivity index (χ4v) is 4.84. The molecule has 0 aliphatic carbocycles. The van der Waals surface area contributed by atoms with Gasteiger partial charge in [0.2, 0.25) is 0 Å². The van der Waals surface area contributed by atoms with Gasteiger partial charge >= 0.3 is 0 Å². The van der Waals surface area contributed by atoms with Crippen LogP contribution in [-0.4, -0.2) is 34.9 Å². The third-order valence-electron chi connectivity index (χ3n) is 4.91. The van der Waals surface area contributed by atoms with Crippen LogP contribution in [0.2, 0.25) is 0 Å². The van der Waals surface area contributed by atoms with E-state index in [1.54, 1.807) is 5.38 Å². The van der Waals surface area contributed by atoms with Crippen molar-refractivity contribution in [2.24, 2.45) is 11.8 Å². The lowest BCUT2D eigenvalue weighted by Crippen LogP contribution is -2.47. The van der Waals surface area contributed by atoms with Crippen molar-refractivity contribution in [2.45, 2.75) is 44.8 Å². The zero-order valence-corrected chi connectivity index (χ0v) is 13.6. The van der Waals surface area contributed by atoms with Crippen LogP contribution in [-0.2, 0) is 20.7 Å². The minimum atomic E-state index is -0.417. The second-order valence-corrected chi connectivity index (χ2v) is 7.34. The summed E-state index contributed by atoms with van der Waals surface area (Å²) in [4.78, 5) is 38.4. The number of hydrogen-bond donors (Lipinski definition) is 1. The van der Waals surface area contributed by atoms with Gasteiger partial charge in [0.15, 0.2) is 0 Å². The largest absolute Gasteiger partial charge is 0.373 e. The third kappa shape index (κ3) is 2.21. The Morgan fingerprint density at radius 2 is 1.96 bits per heavy atom. The van der Waals surface area contributed by atoms with Crippen LogP contribution >= 0.6 is 11.3 Å². The summed E-state index contributed by atoms with van der Waals surface area (Å²) < 4.78 is 5.67. The van der Waals surface area contributed by atoms with E-state index in [1.165, 1.54) is 11.3 Å². The van der Waals surface area contributed by atoms with Gasteiger partial charge in [0.1, 0.15) is 0 Å². The van der Waals surface area contributed by atoms with Crippen LogP contribution < -0.4 is 5.43 Å². The fraction of sp³-hybridized carbons (Fsp3) is 0.562. The highest BCUT2D eigenvalue weighted by atomic mass is 32.1. The lowest BCUT2D eigenvalue weighted by molar-refractivity contribution is -0.145. The molecule has 4 atom stereocenters. The van der Waals surface area contributed by atoms with Crippen LogP contribution in [0.15, 0.2) is 11.4 Å². The molecular weight excluding hydrogens is 316 g/mol. The molecule has 0 saturated carbocycles. The average molecular weight is 334 g/mol. The predicted molar refractivity (Wildman–Crippen MR) is 82.5 cm³/mol. The van der Waals surface area contributed by atoms with Gasteiger partial charge in [-0.05, 0) is 25.3 Å². The van der Waals surface area contributed by atoms with Crippen molar-refractivity contribution in [3.05, 3.63) is 21.9 Å². The number of thiophene rings is 1. The van der Waals surface area contributed by atoms with Crippen LogP contribution in [0.5, 0.6) is 0 Å². The minimum absolute atomic E-state index is 0.166. The van der Waals surface area contributed by atoms with Crippen molar-refractivity contribution in [1.29, 1.82) is 0 Å². The number of hydrazine groups is 1. The molecule has 1 aromatic heterocycles. The summed E-state index contributed by atoms with van der Waals surface area (Å²) in [5.74, 6) is -1.90. The van der Waals surface area contributed by atoms with E-state index in [1.807, 2.05) is 6.07 Å². The molecule has 1 aromatic rings. The van der Waals surface area contributed by atoms with Gasteiger partial charge in [-0.25, -0.2) is 0 Å². The first-order valence-corrected chi connectivity index (χ1v) is 8.89. The molecule has 0 radical (unpaired) electrons. The van der Waals surface area contributed by atoms with E-state index in [4.69, 9.17) is 4.74 Å². The highest BCUT2D eigenvalue weighted by molar-refractivity contribution is 7.10. The van der Waals surface area contributed by atoms with Gasteiger partial charge in [-0.2, -0.15) is 5.01 Å². The van der Waals surface area contributed by atoms with Crippen LogP contribution in [0.1, 0.15) is 41.4 Å². The molecule has 3 fully saturated rings. The number of carbonyl (C=O) groups is 3. The number of imide groups is 1. The maximum atomic E-state index is 12.5. The van der Waals surface area contributed by atoms with Crippen molar-refractivity contribution in [3.63, 3.8) is 0 Å². The van der Waals surface area contributed by atoms with E-state index in [0.717, 1.165) is 35.6 Å². The molecule has 122 valence electrons. The molecule has 1 N–H and O–H groups in total. The number of hydrogen-bond acceptors (Lipinski definition) is 5. The molecule has 4 rings (SSSR count). The number of nitrogens with one attached hydrogen (secondary N) is 1. The van der Waals surface area contributed by atoms with Crippen molar-refractivity contribution in [1.82, 2.24) is 10.4 Å². The van der Waals surface area contributed by atoms with E-state index in [-0.39, 0.29) is 24.0 Å². The maximum absolute atomic E-state index is 12.5. The van der Waals surface area contributed by atoms with Gasteiger partial charge in [0.05, 0.1) is 29.6 Å². The summed E-state index contributed by atoms with van der Waals surface area (Å²) >= 11 is 1.52. The summed E-state index contributed by atoms with van der Waals surface area (Å²) in [6.45, 7) is 2.08. The molecule has 3 aliphatic rings. The third-order valence-corrected chi connectivity index (χ3v) is 5.91. The molecule has 4 heterocycles. The van der Waals surface area contributed by atoms with Crippen LogP contribution in [0.3, 0.4) is 0 Å². The van der Waals surface area contributed by atoms with E-state index >= 15 is 0 Å². The van der Waals surface area contributed by atoms with Gasteiger partial charge in [-0.15, -0.1) is 11.3 Å². The summed E-state index contributed by atoms with van der Waals surface area (Å²) in [6, 6.07) is 1.82. The fourth-order valence-electron chi connectivity index (χ4n) is 3.87. The standard InChI is InChI=1S/C16H18N2O4S/c1-2-3-9-6-8(7-23-9)14(19)17-18-15(20)12-10-4-5-11(22-10)13(12)16(18)21/h6-7,10-13H,2-5H2,1H3,(H,17,19)/t10-,11-,12+,13+/m1/s1. The predicted octanol–water partition coefficient (Wildman–Crippen LogP) is 1.51. The summed E-state index contributed by atoms with van der Waals surface area (Å²) in [7, 11) is 0. The first kappa shape index (κ1) is 14.8. The van der Waals surface area contributed by atoms with Crippen LogP contribution in [0, 0.1) is 11.8 Å². The number of aryl methyl sites for hydroxylation is 1. The Kier molecular flexibility index (Phi) is 3.50. The molecular formula is C16H18N2O4S. The lowest BCUT2D eigenvalue weighted by atomic mass is 9.81. The number of fused-ring (bicyclic) bond motifs is 5. The number of rotatable bonds is 4. The molecule has 0 aromatic carbocycles. The zero-order chi connectivity index (χ0) is 16.1. The first-order valence-electron chi connectivity index (χ1n) is 8.01. The molecule has 3 saturated heterocycles. The van der Waals surface area contributed by atoms with Crippen molar-refractivity contribution in [2.75, 3.05) is 0 Å². The monoisotopic (exact) mass is 334 g/mol. The van der Waals surface area contributed by atoms with Crippen LogP contribution in [0.4, 0.5) is 0 Å². The molecule has 2 bridgehead atoms. The molecule has 0 spiro atoms. The highest BCUT2D eigenvalue weighted by Crippen LogP contribution is 2.48. The minimum Gasteiger partial charge on any atom is -0.373 e. The SMILES string of the molecule is CCCc1cc(C(=O)NN2C(=O)[C@@H]3[C@@H](C2=O)[C@H]2CC[C@H]3O2)cs1. The van der Waals surface area contributed by atoms with Gasteiger partial charge in [0, 0.05) is 10.3 Å². The molecule has 6 nitrogen and oxygen atoms in total. The number of carbonyl (C=O) groups excluding carboxylic acids is 3. The van der Waals surface area contributed by atoms with Crippen molar-refractivity contribution in [3.8, 4) is 0 Å². The van der Waals surface area contributed by atoms with Crippen LogP contribution in [0.25, 0.3) is 0 Å². The van der Waals surface area contributed by atoms with Crippen molar-refractivity contribution < 1.29 is 19.1 Å². The second-order valence-electron chi connectivity index (χ2n) is 6.35. The number of amides is 3. The summed E-state index contributed by atoms with van der Waals surface area (Å²) in [5, 5.41) is 2.68. The quantitative estimate of drug-likeness (QED) is 0.847. The van der Waals surface area contributed by atoms with Gasteiger partial charge < -0.3 is 4.74 Å². The van der Waals surface area contributed by atoms with Crippen molar-refractivity contribution >= 4 is 29.1 Å². The number of nitrogens with zero attached hydrogens (tertiary/aromatic N) is 1. The lowest BCUT2D eigenvalue weighted by Gasteiger charge is -2.17. The van der Waals surface area contributed by atoms with E-state index < -0.39 is 17.7 Å². The normalized spacial score (nSPS) is 31.8. The Bertz CT molecular complexity index is 657. The highest BCUT2D eigenvalue weighted by Gasteiger charge is 2.62. The Hall–Kier alpha value is -1.73. The first-order chi connectivity index (χ1) is 11.1. The topological polar surface area (TPSA) is 75.7 Å². The van der Waals surface area contributed by atoms with Gasteiger partial charge in [0.25, 0.3) is 17.7 Å². The summed E-state index contributed by atoms with van der Waals surface area (Å²) in [5.41, 5.74) is 2.99. The molecule has 0 unspecified atom stereocenters. The van der Waals surface area contributed by atoms with Gasteiger partial charge in [-0.3, -0.25) is 19.8 Å². The summed E-state index contributed by atoms with van der Waals surface area (Å²) in [6.07, 6.45) is 3.23.